The molecule has 4 rings (SSSR count). The fourth-order valence-corrected chi connectivity index (χ4v) is 5.67. The van der Waals surface area contributed by atoms with Crippen LogP contribution < -0.4 is 34.6 Å². The molecule has 2 N–H and O–H groups in total. The van der Waals surface area contributed by atoms with E-state index in [2.05, 4.69) is 47.7 Å². The summed E-state index contributed by atoms with van der Waals surface area (Å²) in [4.78, 5) is 41.6. The zero-order chi connectivity index (χ0) is 34.8. The first-order valence-corrected chi connectivity index (χ1v) is 15.8. The van der Waals surface area contributed by atoms with Gasteiger partial charge < -0.3 is 29.2 Å². The largest absolute Gasteiger partial charge is 0.493 e. The number of halogens is 2. The third-order valence-corrected chi connectivity index (χ3v) is 7.80. The maximum Gasteiger partial charge on any atom is 0.343 e. The number of rotatable bonds is 12. The summed E-state index contributed by atoms with van der Waals surface area (Å²) in [6.45, 7) is 0. The number of carbonyl (C=O) groups is 3. The maximum absolute atomic E-state index is 13.4. The molecule has 0 saturated carbocycles. The lowest BCUT2D eigenvalue weighted by atomic mass is 10.1. The number of hydrazone groups is 1. The molecule has 0 heterocycles. The smallest absolute Gasteiger partial charge is 0.343 e. The van der Waals surface area contributed by atoms with Crippen molar-refractivity contribution in [3.63, 3.8) is 0 Å². The van der Waals surface area contributed by atoms with Gasteiger partial charge in [-0.15, -0.1) is 0 Å². The molecule has 0 aromatic heterocycles. The third-order valence-electron chi connectivity index (χ3n) is 6.75. The number of amides is 2. The Labute approximate surface area is 294 Å². The van der Waals surface area contributed by atoms with Crippen LogP contribution in [0.1, 0.15) is 31.8 Å². The lowest BCUT2D eigenvalue weighted by molar-refractivity contribution is -0.117. The van der Waals surface area contributed by atoms with Crippen LogP contribution in [0.3, 0.4) is 0 Å². The molecule has 0 spiro atoms. The van der Waals surface area contributed by atoms with Crippen LogP contribution in [0.5, 0.6) is 23.0 Å². The van der Waals surface area contributed by atoms with Gasteiger partial charge in [0.2, 0.25) is 5.75 Å². The quantitative estimate of drug-likeness (QED) is 0.0553. The summed E-state index contributed by atoms with van der Waals surface area (Å²) < 4.78 is 22.9. The van der Waals surface area contributed by atoms with Crippen LogP contribution in [0.25, 0.3) is 6.08 Å². The van der Waals surface area contributed by atoms with E-state index in [0.29, 0.717) is 31.4 Å². The van der Waals surface area contributed by atoms with Crippen LogP contribution >= 0.6 is 31.9 Å². The number of hydrogen-bond donors (Lipinski definition) is 2. The van der Waals surface area contributed by atoms with E-state index in [0.717, 1.165) is 5.69 Å². The van der Waals surface area contributed by atoms with Crippen molar-refractivity contribution in [3.05, 3.63) is 116 Å². The second-order valence-corrected chi connectivity index (χ2v) is 11.9. The van der Waals surface area contributed by atoms with Crippen LogP contribution in [-0.4, -0.2) is 59.4 Å². The lowest BCUT2D eigenvalue weighted by Crippen LogP contribution is -2.32. The Balaban J connectivity index is 1.60. The van der Waals surface area contributed by atoms with Gasteiger partial charge in [-0.2, -0.15) is 5.10 Å². The van der Waals surface area contributed by atoms with Gasteiger partial charge in [0.25, 0.3) is 11.8 Å². The van der Waals surface area contributed by atoms with Crippen LogP contribution in [0.4, 0.5) is 5.69 Å². The van der Waals surface area contributed by atoms with Crippen molar-refractivity contribution in [1.82, 2.24) is 10.7 Å². The maximum atomic E-state index is 13.4. The Kier molecular flexibility index (Phi) is 12.4. The number of ether oxygens (including phenoxy) is 4. The molecule has 0 saturated heterocycles. The van der Waals surface area contributed by atoms with Gasteiger partial charge in [-0.3, -0.25) is 9.59 Å². The molecule has 0 atom stereocenters. The molecular weight excluding hydrogens is 748 g/mol. The average molecular weight is 780 g/mol. The van der Waals surface area contributed by atoms with E-state index in [9.17, 15) is 14.4 Å². The molecule has 248 valence electrons. The second-order valence-electron chi connectivity index (χ2n) is 10.2. The van der Waals surface area contributed by atoms with E-state index >= 15 is 0 Å². The summed E-state index contributed by atoms with van der Waals surface area (Å²) in [5.41, 5.74) is 4.92. The van der Waals surface area contributed by atoms with Crippen molar-refractivity contribution in [3.8, 4) is 23.0 Å². The molecule has 0 bridgehead atoms. The zero-order valence-corrected chi connectivity index (χ0v) is 29.8. The Bertz CT molecular complexity index is 1840. The first kappa shape index (κ1) is 35.7. The number of anilines is 1. The summed E-state index contributed by atoms with van der Waals surface area (Å²) in [6, 6.07) is 22.2. The van der Waals surface area contributed by atoms with Crippen molar-refractivity contribution in [2.75, 3.05) is 40.3 Å². The van der Waals surface area contributed by atoms with Crippen molar-refractivity contribution in [2.24, 2.45) is 5.10 Å². The molecule has 4 aromatic carbocycles. The Hall–Kier alpha value is -5.14. The van der Waals surface area contributed by atoms with Gasteiger partial charge in [-0.25, -0.2) is 10.2 Å². The molecule has 13 heteroatoms. The minimum absolute atomic E-state index is 0.0388. The van der Waals surface area contributed by atoms with Gasteiger partial charge >= 0.3 is 5.97 Å². The third kappa shape index (κ3) is 9.02. The summed E-state index contributed by atoms with van der Waals surface area (Å²) in [5, 5.41) is 6.79. The molecule has 48 heavy (non-hydrogen) atoms. The van der Waals surface area contributed by atoms with Crippen LogP contribution in [0.15, 0.2) is 98.6 Å². The van der Waals surface area contributed by atoms with Gasteiger partial charge in [0.15, 0.2) is 17.2 Å². The van der Waals surface area contributed by atoms with Crippen molar-refractivity contribution >= 4 is 67.6 Å². The molecule has 4 aromatic rings. The average Bonchev–Trinajstić information content (AvgIpc) is 3.08. The number of benzene rings is 4. The molecule has 0 unspecified atom stereocenters. The molecule has 11 nitrogen and oxygen atoms in total. The van der Waals surface area contributed by atoms with Gasteiger partial charge in [0.1, 0.15) is 5.70 Å². The van der Waals surface area contributed by atoms with E-state index < -0.39 is 17.8 Å². The lowest BCUT2D eigenvalue weighted by Gasteiger charge is -2.15. The first-order valence-electron chi connectivity index (χ1n) is 14.2. The molecule has 0 aliphatic heterocycles. The van der Waals surface area contributed by atoms with Gasteiger partial charge in [0, 0.05) is 35.4 Å². The summed E-state index contributed by atoms with van der Waals surface area (Å²) in [6.07, 6.45) is 2.86. The number of hydrogen-bond acceptors (Lipinski definition) is 9. The van der Waals surface area contributed by atoms with Gasteiger partial charge in [0.05, 0.1) is 37.6 Å². The fourth-order valence-electron chi connectivity index (χ4n) is 4.33. The monoisotopic (exact) mass is 778 g/mol. The predicted molar refractivity (Wildman–Crippen MR) is 191 cm³/mol. The highest BCUT2D eigenvalue weighted by Crippen LogP contribution is 2.39. The van der Waals surface area contributed by atoms with Crippen LogP contribution in [0, 0.1) is 0 Å². The van der Waals surface area contributed by atoms with Crippen LogP contribution in [-0.2, 0) is 4.79 Å². The SMILES string of the molecule is COc1cc(C(=O)Oc2c(Br)cc(Br)cc2C=NNC(=O)C(=Cc2ccc(N(C)C)cc2)NC(=O)c2ccccc2)cc(OC)c1OC. The molecule has 2 amide bonds. The number of nitrogens with one attached hydrogen (secondary N) is 2. The van der Waals surface area contributed by atoms with Gasteiger partial charge in [-0.1, -0.05) is 46.3 Å². The highest BCUT2D eigenvalue weighted by Gasteiger charge is 2.21. The number of esters is 1. The van der Waals surface area contributed by atoms with Crippen molar-refractivity contribution in [2.45, 2.75) is 0 Å². The number of nitrogens with zero attached hydrogens (tertiary/aromatic N) is 2. The standard InChI is InChI=1S/C35H32Br2N4O7/c1-41(2)26-13-11-21(12-14-26)15-28(39-33(42)22-9-7-6-8-10-22)34(43)40-38-20-24-16-25(36)19-27(37)31(24)48-35(44)23-17-29(45-3)32(47-5)30(18-23)46-4/h6-20H,1-5H3,(H,39,42)(H,40,43). The second kappa shape index (κ2) is 16.6. The zero-order valence-electron chi connectivity index (χ0n) is 26.7. The summed E-state index contributed by atoms with van der Waals surface area (Å²) in [5.74, 6) is -0.863. The molecular formula is C35H32Br2N4O7. The van der Waals surface area contributed by atoms with E-state index in [-0.39, 0.29) is 28.5 Å². The minimum atomic E-state index is -0.718. The fraction of sp³-hybridized carbons (Fsp3) is 0.143. The molecule has 0 fully saturated rings. The Morgan fingerprint density at radius 2 is 1.44 bits per heavy atom. The topological polar surface area (TPSA) is 128 Å². The highest BCUT2D eigenvalue weighted by atomic mass is 79.9. The molecule has 0 aliphatic carbocycles. The van der Waals surface area contributed by atoms with Crippen LogP contribution in [0.2, 0.25) is 0 Å². The molecule has 0 aliphatic rings. The van der Waals surface area contributed by atoms with Gasteiger partial charge in [-0.05, 0) is 76.1 Å². The Morgan fingerprint density at radius 1 is 0.792 bits per heavy atom. The highest BCUT2D eigenvalue weighted by molar-refractivity contribution is 9.11. The van der Waals surface area contributed by atoms with Crippen molar-refractivity contribution in [1.29, 1.82) is 0 Å². The van der Waals surface area contributed by atoms with E-state index in [1.165, 1.54) is 39.7 Å². The normalized spacial score (nSPS) is 11.1. The minimum Gasteiger partial charge on any atom is -0.493 e. The predicted octanol–water partition coefficient (Wildman–Crippen LogP) is 6.44. The van der Waals surface area contributed by atoms with E-state index in [1.807, 2.05) is 43.3 Å². The summed E-state index contributed by atoms with van der Waals surface area (Å²) >= 11 is 6.87. The van der Waals surface area contributed by atoms with Crippen molar-refractivity contribution < 1.29 is 33.3 Å². The number of methoxy groups -OCH3 is 3. The number of carbonyl (C=O) groups excluding carboxylic acids is 3. The summed E-state index contributed by atoms with van der Waals surface area (Å²) in [7, 11) is 8.18. The molecule has 0 radical (unpaired) electrons. The Morgan fingerprint density at radius 3 is 2.02 bits per heavy atom. The van der Waals surface area contributed by atoms with E-state index in [1.54, 1.807) is 48.5 Å². The van der Waals surface area contributed by atoms with E-state index in [4.69, 9.17) is 18.9 Å². The first-order chi connectivity index (χ1) is 23.0.